The van der Waals surface area contributed by atoms with E-state index in [1.165, 1.54) is 0 Å². The minimum Gasteiger partial charge on any atom is -0.424 e. The van der Waals surface area contributed by atoms with Crippen molar-refractivity contribution < 1.29 is 13.9 Å². The molecule has 1 unspecified atom stereocenters. The maximum atomic E-state index is 9.85. The lowest BCUT2D eigenvalue weighted by Crippen LogP contribution is -2.00. The third kappa shape index (κ3) is 4.40. The molecule has 0 amide bonds. The Morgan fingerprint density at radius 3 is 2.59 bits per heavy atom. The molecule has 1 aromatic rings. The van der Waals surface area contributed by atoms with E-state index in [0.29, 0.717) is 18.3 Å². The lowest BCUT2D eigenvalue weighted by Gasteiger charge is -2.19. The molecule has 0 aliphatic carbocycles. The second-order valence-corrected chi connectivity index (χ2v) is 6.94. The van der Waals surface area contributed by atoms with Gasteiger partial charge in [0.1, 0.15) is 5.75 Å². The molecule has 0 aromatic heterocycles. The van der Waals surface area contributed by atoms with Crippen molar-refractivity contribution in [1.82, 2.24) is 0 Å². The first-order valence-electron chi connectivity index (χ1n) is 5.63. The predicted molar refractivity (Wildman–Crippen MR) is 74.0 cm³/mol. The largest absolute Gasteiger partial charge is 0.424 e. The third-order valence-electron chi connectivity index (χ3n) is 2.30. The van der Waals surface area contributed by atoms with E-state index >= 15 is 0 Å². The van der Waals surface area contributed by atoms with Crippen molar-refractivity contribution in [1.29, 1.82) is 0 Å². The van der Waals surface area contributed by atoms with Gasteiger partial charge in [-0.05, 0) is 37.0 Å². The summed E-state index contributed by atoms with van der Waals surface area (Å²) in [4.78, 5) is 9.85. The topological polar surface area (TPSA) is 38.7 Å². The fourth-order valence-corrected chi connectivity index (χ4v) is 2.85. The highest BCUT2D eigenvalue weighted by Crippen LogP contribution is 2.46. The van der Waals surface area contributed by atoms with Crippen LogP contribution in [0.25, 0.3) is 0 Å². The summed E-state index contributed by atoms with van der Waals surface area (Å²) in [5.41, 5.74) is 2.09. The van der Waals surface area contributed by atoms with Crippen LogP contribution in [0.1, 0.15) is 37.8 Å². The number of aryl methyl sites for hydroxylation is 1. The zero-order valence-electron chi connectivity index (χ0n) is 10.6. The van der Waals surface area contributed by atoms with Crippen LogP contribution < -0.4 is 4.52 Å². The maximum Gasteiger partial charge on any atom is 0.377 e. The molecule has 0 aliphatic rings. The molecule has 5 heteroatoms. The summed E-state index contributed by atoms with van der Waals surface area (Å²) in [6.07, 6.45) is 0. The van der Waals surface area contributed by atoms with Gasteiger partial charge in [-0.25, -0.2) is 0 Å². The zero-order chi connectivity index (χ0) is 13.1. The highest BCUT2D eigenvalue weighted by atomic mass is 32.5. The lowest BCUT2D eigenvalue weighted by molar-refractivity contribution is 0.270. The van der Waals surface area contributed by atoms with Gasteiger partial charge >= 0.3 is 6.72 Å². The molecule has 0 saturated heterocycles. The second-order valence-electron chi connectivity index (χ2n) is 4.17. The molecule has 0 aliphatic heterocycles. The Morgan fingerprint density at radius 2 is 2.06 bits per heavy atom. The van der Waals surface area contributed by atoms with Gasteiger partial charge in [0.2, 0.25) is 0 Å². The fraction of sp³-hybridized carbons (Fsp3) is 0.500. The van der Waals surface area contributed by atoms with Gasteiger partial charge in [-0.15, -0.1) is 0 Å². The van der Waals surface area contributed by atoms with Crippen LogP contribution in [0.3, 0.4) is 0 Å². The molecule has 0 fully saturated rings. The Bertz CT molecular complexity index is 432. The average Bonchev–Trinajstić information content (AvgIpc) is 2.15. The molecule has 0 bridgehead atoms. The molecule has 1 aromatic carbocycles. The SMILES string of the molecule is CCOP(O)(=S)Oc1cc(C)ccc1C(C)C. The first-order chi connectivity index (χ1) is 7.85. The van der Waals surface area contributed by atoms with Crippen LogP contribution in [0.4, 0.5) is 0 Å². The van der Waals surface area contributed by atoms with Crippen molar-refractivity contribution in [3.05, 3.63) is 29.3 Å². The molecular weight excluding hydrogens is 255 g/mol. The zero-order valence-corrected chi connectivity index (χ0v) is 12.3. The van der Waals surface area contributed by atoms with E-state index in [2.05, 4.69) is 13.8 Å². The van der Waals surface area contributed by atoms with Gasteiger partial charge < -0.3 is 9.42 Å². The van der Waals surface area contributed by atoms with Gasteiger partial charge in [0, 0.05) is 11.8 Å². The molecule has 0 saturated carbocycles. The average molecular weight is 274 g/mol. The van der Waals surface area contributed by atoms with E-state index in [9.17, 15) is 4.89 Å². The predicted octanol–water partition coefficient (Wildman–Crippen LogP) is 3.75. The number of rotatable bonds is 5. The fourth-order valence-electron chi connectivity index (χ4n) is 1.51. The molecule has 0 spiro atoms. The Balaban J connectivity index is 3.04. The van der Waals surface area contributed by atoms with E-state index in [4.69, 9.17) is 20.9 Å². The van der Waals surface area contributed by atoms with Gasteiger partial charge in [0.15, 0.2) is 0 Å². The normalized spacial score (nSPS) is 14.7. The van der Waals surface area contributed by atoms with Gasteiger partial charge in [-0.3, -0.25) is 4.52 Å². The molecule has 1 rings (SSSR count). The van der Waals surface area contributed by atoms with Crippen molar-refractivity contribution >= 4 is 18.5 Å². The summed E-state index contributed by atoms with van der Waals surface area (Å²) in [7, 11) is 0. The number of hydrogen-bond acceptors (Lipinski definition) is 3. The standard InChI is InChI=1S/C12H19O3PS/c1-5-14-16(13,17)15-12-8-10(4)6-7-11(12)9(2)3/h6-9H,5H2,1-4H3,(H,13,17). The first-order valence-corrected chi connectivity index (χ1v) is 8.22. The van der Waals surface area contributed by atoms with Crippen molar-refractivity contribution in [2.24, 2.45) is 0 Å². The Hall–Kier alpha value is -0.410. The summed E-state index contributed by atoms with van der Waals surface area (Å²) in [6.45, 7) is 5.06. The van der Waals surface area contributed by atoms with Crippen LogP contribution in [-0.2, 0) is 16.3 Å². The van der Waals surface area contributed by atoms with Crippen LogP contribution in [0.15, 0.2) is 18.2 Å². The monoisotopic (exact) mass is 274 g/mol. The third-order valence-corrected chi connectivity index (χ3v) is 3.85. The quantitative estimate of drug-likeness (QED) is 0.830. The maximum absolute atomic E-state index is 9.85. The molecular formula is C12H19O3PS. The van der Waals surface area contributed by atoms with Crippen LogP contribution in [-0.4, -0.2) is 11.5 Å². The highest BCUT2D eigenvalue weighted by molar-refractivity contribution is 8.07. The first kappa shape index (κ1) is 14.7. The molecule has 3 nitrogen and oxygen atoms in total. The van der Waals surface area contributed by atoms with Crippen molar-refractivity contribution in [3.63, 3.8) is 0 Å². The van der Waals surface area contributed by atoms with Crippen LogP contribution in [0.5, 0.6) is 5.75 Å². The van der Waals surface area contributed by atoms with E-state index < -0.39 is 6.72 Å². The molecule has 17 heavy (non-hydrogen) atoms. The van der Waals surface area contributed by atoms with E-state index in [0.717, 1.165) is 11.1 Å². The molecule has 1 atom stereocenters. The minimum absolute atomic E-state index is 0.308. The van der Waals surface area contributed by atoms with Crippen molar-refractivity contribution in [2.75, 3.05) is 6.61 Å². The highest BCUT2D eigenvalue weighted by Gasteiger charge is 2.19. The summed E-state index contributed by atoms with van der Waals surface area (Å²) in [5.74, 6) is 0.932. The summed E-state index contributed by atoms with van der Waals surface area (Å²) in [6, 6.07) is 5.89. The van der Waals surface area contributed by atoms with Gasteiger partial charge in [-0.1, -0.05) is 26.0 Å². The Morgan fingerprint density at radius 1 is 1.41 bits per heavy atom. The van der Waals surface area contributed by atoms with Gasteiger partial charge in [0.25, 0.3) is 0 Å². The lowest BCUT2D eigenvalue weighted by atomic mass is 10.0. The summed E-state index contributed by atoms with van der Waals surface area (Å²) in [5, 5.41) is 0. The van der Waals surface area contributed by atoms with E-state index in [1.54, 1.807) is 6.92 Å². The Labute approximate surface area is 108 Å². The summed E-state index contributed by atoms with van der Waals surface area (Å²) < 4.78 is 10.5. The summed E-state index contributed by atoms with van der Waals surface area (Å²) >= 11 is 4.94. The molecule has 96 valence electrons. The van der Waals surface area contributed by atoms with Gasteiger partial charge in [0.05, 0.1) is 6.61 Å². The van der Waals surface area contributed by atoms with Gasteiger partial charge in [-0.2, -0.15) is 0 Å². The molecule has 0 radical (unpaired) electrons. The van der Waals surface area contributed by atoms with Crippen LogP contribution in [0.2, 0.25) is 0 Å². The van der Waals surface area contributed by atoms with Crippen LogP contribution in [0, 0.1) is 6.92 Å². The molecule has 0 heterocycles. The number of hydrogen-bond donors (Lipinski definition) is 1. The Kier molecular flexibility index (Phi) is 5.14. The number of benzene rings is 1. The van der Waals surface area contributed by atoms with Crippen molar-refractivity contribution in [2.45, 2.75) is 33.6 Å². The second kappa shape index (κ2) is 5.96. The van der Waals surface area contributed by atoms with Crippen LogP contribution >= 0.6 is 6.72 Å². The minimum atomic E-state index is -3.17. The van der Waals surface area contributed by atoms with E-state index in [-0.39, 0.29) is 0 Å². The van der Waals surface area contributed by atoms with E-state index in [1.807, 2.05) is 25.1 Å². The smallest absolute Gasteiger partial charge is 0.377 e. The molecule has 1 N–H and O–H groups in total. The van der Waals surface area contributed by atoms with Crippen molar-refractivity contribution in [3.8, 4) is 5.75 Å².